The maximum atomic E-state index is 5.36. The van der Waals surface area contributed by atoms with Crippen molar-refractivity contribution in [1.29, 1.82) is 0 Å². The van der Waals surface area contributed by atoms with Gasteiger partial charge in [-0.05, 0) is 25.2 Å². The van der Waals surface area contributed by atoms with Gasteiger partial charge in [0.2, 0.25) is 0 Å². The first-order valence-corrected chi connectivity index (χ1v) is 4.68. The Morgan fingerprint density at radius 3 is 2.55 bits per heavy atom. The van der Waals surface area contributed by atoms with E-state index in [0.29, 0.717) is 12.2 Å². The zero-order valence-corrected chi connectivity index (χ0v) is 7.55. The van der Waals surface area contributed by atoms with Crippen LogP contribution in [0.1, 0.15) is 33.1 Å². The zero-order valence-electron chi connectivity index (χ0n) is 7.55. The SMILES string of the molecule is C=CC1CCC2OC2C1.CC. The van der Waals surface area contributed by atoms with E-state index in [-0.39, 0.29) is 0 Å². The molecule has 1 heterocycles. The summed E-state index contributed by atoms with van der Waals surface area (Å²) in [5.74, 6) is 0.744. The molecule has 0 aromatic heterocycles. The Kier molecular flexibility index (Phi) is 3.13. The lowest BCUT2D eigenvalue weighted by molar-refractivity contribution is 0.370. The summed E-state index contributed by atoms with van der Waals surface area (Å²) in [6.07, 6.45) is 7.11. The molecule has 64 valence electrons. The molecule has 1 nitrogen and oxygen atoms in total. The maximum Gasteiger partial charge on any atom is 0.0847 e. The second-order valence-corrected chi connectivity index (χ2v) is 3.02. The minimum atomic E-state index is 0.613. The van der Waals surface area contributed by atoms with Gasteiger partial charge in [-0.3, -0.25) is 0 Å². The van der Waals surface area contributed by atoms with Crippen LogP contribution in [0.25, 0.3) is 0 Å². The Bertz CT molecular complexity index is 131. The first-order valence-electron chi connectivity index (χ1n) is 4.68. The fraction of sp³-hybridized carbons (Fsp3) is 0.800. The topological polar surface area (TPSA) is 12.5 Å². The largest absolute Gasteiger partial charge is 0.370 e. The third-order valence-electron chi connectivity index (χ3n) is 2.38. The van der Waals surface area contributed by atoms with Crippen molar-refractivity contribution in [1.82, 2.24) is 0 Å². The molecule has 3 atom stereocenters. The summed E-state index contributed by atoms with van der Waals surface area (Å²) in [6.45, 7) is 7.78. The predicted molar refractivity (Wildman–Crippen MR) is 47.5 cm³/mol. The van der Waals surface area contributed by atoms with Crippen LogP contribution in [0.5, 0.6) is 0 Å². The molecule has 1 saturated carbocycles. The zero-order chi connectivity index (χ0) is 8.27. The molecule has 0 bridgehead atoms. The average Bonchev–Trinajstić information content (AvgIpc) is 2.85. The van der Waals surface area contributed by atoms with Crippen molar-refractivity contribution in [3.63, 3.8) is 0 Å². The number of hydrogen-bond acceptors (Lipinski definition) is 1. The highest BCUT2D eigenvalue weighted by Gasteiger charge is 2.42. The van der Waals surface area contributed by atoms with E-state index >= 15 is 0 Å². The standard InChI is InChI=1S/C8H12O.C2H6/c1-2-6-3-4-7-8(5-6)9-7;1-2/h2,6-8H,1,3-5H2;1-2H3. The maximum absolute atomic E-state index is 5.36. The Morgan fingerprint density at radius 2 is 2.00 bits per heavy atom. The molecule has 1 aliphatic heterocycles. The molecule has 1 heteroatoms. The van der Waals surface area contributed by atoms with Gasteiger partial charge in [-0.25, -0.2) is 0 Å². The third kappa shape index (κ3) is 2.06. The summed E-state index contributed by atoms with van der Waals surface area (Å²) in [7, 11) is 0. The minimum Gasteiger partial charge on any atom is -0.370 e. The summed E-state index contributed by atoms with van der Waals surface area (Å²) in [5.41, 5.74) is 0. The molecule has 0 spiro atoms. The summed E-state index contributed by atoms with van der Waals surface area (Å²) >= 11 is 0. The van der Waals surface area contributed by atoms with Crippen molar-refractivity contribution in [2.24, 2.45) is 5.92 Å². The third-order valence-corrected chi connectivity index (χ3v) is 2.38. The van der Waals surface area contributed by atoms with Crippen LogP contribution >= 0.6 is 0 Å². The van der Waals surface area contributed by atoms with Crippen LogP contribution in [-0.4, -0.2) is 12.2 Å². The van der Waals surface area contributed by atoms with E-state index in [2.05, 4.69) is 12.7 Å². The van der Waals surface area contributed by atoms with Crippen LogP contribution in [0.4, 0.5) is 0 Å². The molecule has 0 radical (unpaired) electrons. The van der Waals surface area contributed by atoms with Gasteiger partial charge in [0.1, 0.15) is 0 Å². The molecule has 3 unspecified atom stereocenters. The number of epoxide rings is 1. The molecule has 0 aromatic carbocycles. The van der Waals surface area contributed by atoms with E-state index in [0.717, 1.165) is 5.92 Å². The predicted octanol–water partition coefficient (Wildman–Crippen LogP) is 2.77. The van der Waals surface area contributed by atoms with Crippen LogP contribution in [0.15, 0.2) is 12.7 Å². The Morgan fingerprint density at radius 1 is 1.27 bits per heavy atom. The van der Waals surface area contributed by atoms with E-state index in [4.69, 9.17) is 4.74 Å². The van der Waals surface area contributed by atoms with Gasteiger partial charge in [-0.1, -0.05) is 19.9 Å². The molecule has 1 aliphatic carbocycles. The Labute approximate surface area is 69.4 Å². The lowest BCUT2D eigenvalue weighted by atomic mass is 9.90. The van der Waals surface area contributed by atoms with Gasteiger partial charge >= 0.3 is 0 Å². The molecule has 2 fully saturated rings. The van der Waals surface area contributed by atoms with Crippen LogP contribution in [-0.2, 0) is 4.74 Å². The van der Waals surface area contributed by atoms with Gasteiger partial charge in [-0.15, -0.1) is 6.58 Å². The first-order chi connectivity index (χ1) is 5.40. The van der Waals surface area contributed by atoms with Crippen molar-refractivity contribution >= 4 is 0 Å². The van der Waals surface area contributed by atoms with Crippen LogP contribution in [0, 0.1) is 5.92 Å². The van der Waals surface area contributed by atoms with Crippen molar-refractivity contribution < 1.29 is 4.74 Å². The fourth-order valence-electron chi connectivity index (χ4n) is 1.65. The molecular formula is C10H18O. The number of rotatable bonds is 1. The number of hydrogen-bond donors (Lipinski definition) is 0. The lowest BCUT2D eigenvalue weighted by Crippen LogP contribution is -2.10. The van der Waals surface area contributed by atoms with Gasteiger partial charge in [0.25, 0.3) is 0 Å². The number of allylic oxidation sites excluding steroid dienone is 1. The van der Waals surface area contributed by atoms with Crippen molar-refractivity contribution in [3.05, 3.63) is 12.7 Å². The van der Waals surface area contributed by atoms with Crippen molar-refractivity contribution in [2.75, 3.05) is 0 Å². The van der Waals surface area contributed by atoms with Crippen LogP contribution in [0.3, 0.4) is 0 Å². The molecule has 2 aliphatic rings. The minimum absolute atomic E-state index is 0.613. The Balaban J connectivity index is 0.000000281. The van der Waals surface area contributed by atoms with Gasteiger partial charge in [0.15, 0.2) is 0 Å². The lowest BCUT2D eigenvalue weighted by Gasteiger charge is -2.12. The molecule has 0 aromatic rings. The fourth-order valence-corrected chi connectivity index (χ4v) is 1.65. The Hall–Kier alpha value is -0.300. The second-order valence-electron chi connectivity index (χ2n) is 3.02. The molecule has 0 N–H and O–H groups in total. The summed E-state index contributed by atoms with van der Waals surface area (Å²) in [5, 5.41) is 0. The van der Waals surface area contributed by atoms with E-state index < -0.39 is 0 Å². The molecule has 11 heavy (non-hydrogen) atoms. The number of fused-ring (bicyclic) bond motifs is 1. The first kappa shape index (κ1) is 8.79. The van der Waals surface area contributed by atoms with Gasteiger partial charge in [-0.2, -0.15) is 0 Å². The quantitative estimate of drug-likeness (QED) is 0.418. The second kappa shape index (κ2) is 3.91. The van der Waals surface area contributed by atoms with Crippen molar-refractivity contribution in [2.45, 2.75) is 45.3 Å². The van der Waals surface area contributed by atoms with E-state index in [1.807, 2.05) is 13.8 Å². The highest BCUT2D eigenvalue weighted by molar-refractivity contribution is 4.96. The van der Waals surface area contributed by atoms with E-state index in [9.17, 15) is 0 Å². The van der Waals surface area contributed by atoms with Gasteiger partial charge in [0.05, 0.1) is 12.2 Å². The van der Waals surface area contributed by atoms with E-state index in [1.54, 1.807) is 0 Å². The van der Waals surface area contributed by atoms with Gasteiger partial charge in [0, 0.05) is 0 Å². The number of ether oxygens (including phenoxy) is 1. The monoisotopic (exact) mass is 154 g/mol. The summed E-state index contributed by atoms with van der Waals surface area (Å²) in [6, 6.07) is 0. The summed E-state index contributed by atoms with van der Waals surface area (Å²) < 4.78 is 5.36. The summed E-state index contributed by atoms with van der Waals surface area (Å²) in [4.78, 5) is 0. The highest BCUT2D eigenvalue weighted by atomic mass is 16.6. The average molecular weight is 154 g/mol. The smallest absolute Gasteiger partial charge is 0.0847 e. The van der Waals surface area contributed by atoms with Gasteiger partial charge < -0.3 is 4.74 Å². The molecular weight excluding hydrogens is 136 g/mol. The van der Waals surface area contributed by atoms with Crippen LogP contribution < -0.4 is 0 Å². The van der Waals surface area contributed by atoms with E-state index in [1.165, 1.54) is 19.3 Å². The molecule has 2 rings (SSSR count). The highest BCUT2D eigenvalue weighted by Crippen LogP contribution is 2.39. The normalized spacial score (nSPS) is 39.6. The van der Waals surface area contributed by atoms with Crippen molar-refractivity contribution in [3.8, 4) is 0 Å². The van der Waals surface area contributed by atoms with Crippen LogP contribution in [0.2, 0.25) is 0 Å². The molecule has 1 saturated heterocycles. The molecule has 0 amide bonds.